The predicted octanol–water partition coefficient (Wildman–Crippen LogP) is -1.36. The Kier molecular flexibility index (Phi) is 79.1. The molecule has 8 aromatic carbocycles. The molecule has 0 fully saturated rings. The molecule has 4 amide bonds. The number of hydrogen-bond acceptors (Lipinski definition) is 20. The molecule has 0 unspecified atom stereocenters. The van der Waals surface area contributed by atoms with Gasteiger partial charge in [-0.1, -0.05) is 243 Å². The largest absolute Gasteiger partial charge is 2.00 e. The first-order valence-corrected chi connectivity index (χ1v) is 29.8. The Hall–Kier alpha value is -10.5. The molecular formula is C76H84Cu4N4O20. The third-order valence-electron chi connectivity index (χ3n) is 10.4. The molecular weight excluding hydrogens is 1540 g/mol. The van der Waals surface area contributed by atoms with E-state index >= 15 is 0 Å². The Morgan fingerprint density at radius 2 is 0.269 bits per heavy atom. The second-order valence-corrected chi connectivity index (χ2v) is 20.6. The summed E-state index contributed by atoms with van der Waals surface area (Å²) in [7, 11) is 13.5. The SMILES string of the molecule is CN(C)C=O.CN(C)C=O.CN(C)C=O.CN(C)C=O.O=C([O-])Cc1ccccc1.O=C([O-])Cc1ccccc1.O=C([O-])Cc1ccccc1.O=C([O-])Cc1ccccc1.O=C([O-])Cc1ccccc1.O=C([O-])Cc1ccccc1.O=C([O-])Cc1ccccc1.O=C([O-])Cc1ccccc1.[Cu+2].[Cu+2].[Cu+2].[Cu+2]. The summed E-state index contributed by atoms with van der Waals surface area (Å²) >= 11 is 0. The maximum atomic E-state index is 10.1. The van der Waals surface area contributed by atoms with Crippen molar-refractivity contribution in [2.24, 2.45) is 0 Å². The molecule has 4 radical (unpaired) electrons. The van der Waals surface area contributed by atoms with Crippen molar-refractivity contribution < 1.29 is 167 Å². The number of amides is 4. The molecule has 0 aliphatic heterocycles. The van der Waals surface area contributed by atoms with E-state index in [-0.39, 0.29) is 120 Å². The van der Waals surface area contributed by atoms with Gasteiger partial charge in [0.05, 0.1) is 0 Å². The number of aliphatic carboxylic acids is 8. The zero-order valence-electron chi connectivity index (χ0n) is 58.2. The van der Waals surface area contributed by atoms with Gasteiger partial charge in [0.25, 0.3) is 0 Å². The summed E-state index contributed by atoms with van der Waals surface area (Å²) in [5.41, 5.74) is 6.24. The fourth-order valence-corrected chi connectivity index (χ4v) is 6.10. The Bertz CT molecular complexity index is 2790. The van der Waals surface area contributed by atoms with Gasteiger partial charge >= 0.3 is 68.3 Å². The predicted molar refractivity (Wildman–Crippen MR) is 360 cm³/mol. The maximum absolute atomic E-state index is 10.1. The summed E-state index contributed by atoms with van der Waals surface area (Å²) in [6.45, 7) is 0. The van der Waals surface area contributed by atoms with E-state index in [4.69, 9.17) is 0 Å². The van der Waals surface area contributed by atoms with Crippen LogP contribution in [0.4, 0.5) is 0 Å². The number of rotatable bonds is 20. The van der Waals surface area contributed by atoms with Crippen LogP contribution in [0.1, 0.15) is 44.5 Å². The topological polar surface area (TPSA) is 402 Å². The molecule has 0 saturated carbocycles. The maximum Gasteiger partial charge on any atom is 2.00 e. The van der Waals surface area contributed by atoms with Crippen LogP contribution in [0.2, 0.25) is 0 Å². The molecule has 0 atom stereocenters. The van der Waals surface area contributed by atoms with Crippen LogP contribution >= 0.6 is 0 Å². The van der Waals surface area contributed by atoms with E-state index in [0.29, 0.717) is 0 Å². The summed E-state index contributed by atoms with van der Waals surface area (Å²) in [5.74, 6) is -8.29. The molecule has 0 aliphatic carbocycles. The minimum atomic E-state index is -1.04. The van der Waals surface area contributed by atoms with Gasteiger partial charge in [0.1, 0.15) is 0 Å². The zero-order valence-corrected chi connectivity index (χ0v) is 62.0. The van der Waals surface area contributed by atoms with Gasteiger partial charge in [-0.2, -0.15) is 0 Å². The third-order valence-corrected chi connectivity index (χ3v) is 10.4. The van der Waals surface area contributed by atoms with Crippen molar-refractivity contribution in [3.8, 4) is 0 Å². The van der Waals surface area contributed by atoms with Gasteiger partial charge in [0, 0.05) is 156 Å². The van der Waals surface area contributed by atoms with Crippen LogP contribution in [-0.4, -0.2) is 149 Å². The summed E-state index contributed by atoms with van der Waals surface area (Å²) in [5, 5.41) is 80.5. The van der Waals surface area contributed by atoms with Gasteiger partial charge in [-0.3, -0.25) is 19.2 Å². The van der Waals surface area contributed by atoms with Crippen molar-refractivity contribution >= 4 is 73.4 Å². The minimum absolute atomic E-state index is 0. The summed E-state index contributed by atoms with van der Waals surface area (Å²) in [4.78, 5) is 124. The Labute approximate surface area is 650 Å². The van der Waals surface area contributed by atoms with Crippen LogP contribution in [0, 0.1) is 0 Å². The van der Waals surface area contributed by atoms with Gasteiger partial charge in [-0.15, -0.1) is 0 Å². The first kappa shape index (κ1) is 109. The summed E-state index contributed by atoms with van der Waals surface area (Å²) < 4.78 is 0. The molecule has 0 N–H and O–H groups in total. The molecule has 572 valence electrons. The molecule has 0 heterocycles. The minimum Gasteiger partial charge on any atom is -0.550 e. The standard InChI is InChI=1S/8C8H8O2.4C3H7NO.4Cu/c8*9-8(10)6-7-4-2-1-3-5-7;4*1-4(2)3-5;;;;/h8*1-5H,6H2,(H,9,10);4*3H,1-2H3;;;;/q;;;;;;;;;;;;4*+2/p-8. The number of carbonyl (C=O) groups excluding carboxylic acids is 12. The van der Waals surface area contributed by atoms with Gasteiger partial charge in [0.2, 0.25) is 25.6 Å². The molecule has 0 bridgehead atoms. The Balaban J connectivity index is -0.000000162. The zero-order chi connectivity index (χ0) is 76.3. The van der Waals surface area contributed by atoms with Gasteiger partial charge in [-0.25, -0.2) is 0 Å². The molecule has 8 aromatic rings. The van der Waals surface area contributed by atoms with Crippen LogP contribution < -0.4 is 40.9 Å². The molecule has 0 aliphatic rings. The average Bonchev–Trinajstić information content (AvgIpc) is 1.19. The van der Waals surface area contributed by atoms with E-state index < -0.39 is 47.8 Å². The van der Waals surface area contributed by atoms with Crippen molar-refractivity contribution in [3.05, 3.63) is 287 Å². The van der Waals surface area contributed by atoms with E-state index in [9.17, 15) is 98.4 Å². The van der Waals surface area contributed by atoms with Crippen molar-refractivity contribution in [3.63, 3.8) is 0 Å². The van der Waals surface area contributed by atoms with E-state index in [1.807, 2.05) is 48.5 Å². The molecule has 28 heteroatoms. The van der Waals surface area contributed by atoms with Crippen LogP contribution in [-0.2, 0) is 177 Å². The molecule has 24 nitrogen and oxygen atoms in total. The number of nitrogens with zero attached hydrogens (tertiary/aromatic N) is 4. The van der Waals surface area contributed by atoms with Crippen LogP contribution in [0.3, 0.4) is 0 Å². The number of carbonyl (C=O) groups is 12. The van der Waals surface area contributed by atoms with Crippen molar-refractivity contribution in [1.29, 1.82) is 0 Å². The van der Waals surface area contributed by atoms with E-state index in [2.05, 4.69) is 0 Å². The van der Waals surface area contributed by atoms with E-state index in [1.54, 1.807) is 251 Å². The van der Waals surface area contributed by atoms with Gasteiger partial charge in [-0.05, 0) is 44.5 Å². The van der Waals surface area contributed by atoms with Crippen molar-refractivity contribution in [2.45, 2.75) is 51.4 Å². The number of carboxylic acid groups (broad SMARTS) is 8. The average molecular weight is 1630 g/mol. The van der Waals surface area contributed by atoms with E-state index in [1.165, 1.54) is 19.6 Å². The second-order valence-electron chi connectivity index (χ2n) is 20.6. The fraction of sp³-hybridized carbons (Fsp3) is 0.211. The summed E-state index contributed by atoms with van der Waals surface area (Å²) in [6.07, 6.45) is 3.01. The second kappa shape index (κ2) is 75.1. The number of hydrogen-bond donors (Lipinski definition) is 0. The normalized spacial score (nSPS) is 8.38. The molecule has 8 rings (SSSR count). The first-order chi connectivity index (χ1) is 47.4. The fourth-order valence-electron chi connectivity index (χ4n) is 6.10. The van der Waals surface area contributed by atoms with Gasteiger partial charge in [0.15, 0.2) is 0 Å². The van der Waals surface area contributed by atoms with E-state index in [0.717, 1.165) is 70.1 Å². The Morgan fingerprint density at radius 3 is 0.317 bits per heavy atom. The quantitative estimate of drug-likeness (QED) is 0.0628. The smallest absolute Gasteiger partial charge is 0.550 e. The monoisotopic (exact) mass is 1620 g/mol. The number of carboxylic acids is 8. The number of benzene rings is 8. The third kappa shape index (κ3) is 85.7. The Morgan fingerprint density at radius 1 is 0.202 bits per heavy atom. The summed E-state index contributed by atoms with van der Waals surface area (Å²) in [6, 6.07) is 71.8. The first-order valence-electron chi connectivity index (χ1n) is 29.8. The molecule has 104 heavy (non-hydrogen) atoms. The van der Waals surface area contributed by atoms with Crippen LogP contribution in [0.15, 0.2) is 243 Å². The molecule has 0 saturated heterocycles. The van der Waals surface area contributed by atoms with Gasteiger partial charge < -0.3 is 98.8 Å². The van der Waals surface area contributed by atoms with Crippen molar-refractivity contribution in [1.82, 2.24) is 19.6 Å². The van der Waals surface area contributed by atoms with Crippen LogP contribution in [0.25, 0.3) is 0 Å². The molecule has 0 spiro atoms. The van der Waals surface area contributed by atoms with Crippen molar-refractivity contribution in [2.75, 3.05) is 56.4 Å². The molecule has 0 aromatic heterocycles. The van der Waals surface area contributed by atoms with Crippen LogP contribution in [0.5, 0.6) is 0 Å².